The van der Waals surface area contributed by atoms with Crippen molar-refractivity contribution in [1.82, 2.24) is 15.0 Å². The number of carboxylic acid groups (broad SMARTS) is 1. The zero-order valence-corrected chi connectivity index (χ0v) is 17.5. The van der Waals surface area contributed by atoms with E-state index in [1.54, 1.807) is 6.07 Å². The number of carboxylic acids is 1. The summed E-state index contributed by atoms with van der Waals surface area (Å²) in [5.74, 6) is -1.51. The molecule has 0 fully saturated rings. The van der Waals surface area contributed by atoms with Crippen molar-refractivity contribution in [1.29, 1.82) is 0 Å². The van der Waals surface area contributed by atoms with Crippen LogP contribution >= 0.6 is 55.1 Å². The van der Waals surface area contributed by atoms with Crippen LogP contribution in [0.2, 0.25) is 10.0 Å². The fourth-order valence-electron chi connectivity index (χ4n) is 1.38. The van der Waals surface area contributed by atoms with Gasteiger partial charge in [-0.25, -0.2) is 19.8 Å². The lowest BCUT2D eigenvalue weighted by molar-refractivity contribution is -0.0760. The Morgan fingerprint density at radius 3 is 1.88 bits per heavy atom. The summed E-state index contributed by atoms with van der Waals surface area (Å²) in [6, 6.07) is 3.09. The highest BCUT2D eigenvalue weighted by Gasteiger charge is 2.16. The molecule has 0 aliphatic heterocycles. The Hall–Kier alpha value is -1.26. The smallest absolute Gasteiger partial charge is 0.356 e. The Morgan fingerprint density at radius 1 is 1.08 bits per heavy atom. The summed E-state index contributed by atoms with van der Waals surface area (Å²) in [6.45, 7) is 0. The Labute approximate surface area is 170 Å². The first kappa shape index (κ1) is 21.8. The lowest BCUT2D eigenvalue weighted by atomic mass is 10.3. The zero-order valence-electron chi connectivity index (χ0n) is 12.8. The number of hydrogen-bond donors (Lipinski definition) is 1. The molecule has 0 saturated heterocycles. The minimum absolute atomic E-state index is 0.130. The first-order chi connectivity index (χ1) is 11.7. The van der Waals surface area contributed by atoms with Gasteiger partial charge < -0.3 is 5.11 Å². The van der Waals surface area contributed by atoms with Gasteiger partial charge in [-0.05, 0) is 44.0 Å². The molecule has 0 spiro atoms. The molecule has 11 heteroatoms. The number of amides is 1. The molecule has 0 saturated carbocycles. The zero-order chi connectivity index (χ0) is 19.1. The maximum Gasteiger partial charge on any atom is 0.356 e. The van der Waals surface area contributed by atoms with Crippen molar-refractivity contribution >= 4 is 66.9 Å². The monoisotopic (exact) mass is 513 g/mol. The highest BCUT2D eigenvalue weighted by atomic mass is 79.9. The molecule has 0 aliphatic rings. The van der Waals surface area contributed by atoms with Gasteiger partial charge in [0.05, 0.1) is 17.2 Å². The van der Waals surface area contributed by atoms with E-state index < -0.39 is 5.97 Å². The number of pyridine rings is 2. The Balaban J connectivity index is 0.000000257. The second kappa shape index (κ2) is 10.0. The molecule has 0 aliphatic carbocycles. The number of hydroxylamine groups is 2. The second-order valence-electron chi connectivity index (χ2n) is 4.26. The number of carbonyl (C=O) groups is 2. The maximum atomic E-state index is 11.5. The molecule has 0 bridgehead atoms. The minimum Gasteiger partial charge on any atom is -0.476 e. The van der Waals surface area contributed by atoms with E-state index in [1.165, 1.54) is 32.6 Å². The molecule has 1 N–H and O–H groups in total. The standard InChI is InChI=1S/C8H8BrClN2O2.C6H3BrClNO2/c1-12(14-2)8(13)7-6(10)3-5(9)4-11-7;7-3-1-4(8)5(6(10)11)9-2-3/h3-4H,1-2H3;1-2H,(H,10,11). The SMILES string of the molecule is CON(C)C(=O)c1ncc(Br)cc1Cl.O=C(O)c1ncc(Br)cc1Cl. The molecule has 2 aromatic heterocycles. The third-order valence-corrected chi connectivity index (χ3v) is 4.02. The molecule has 134 valence electrons. The third-order valence-electron chi connectivity index (χ3n) is 2.58. The predicted molar refractivity (Wildman–Crippen MR) is 100.0 cm³/mol. The topological polar surface area (TPSA) is 92.6 Å². The van der Waals surface area contributed by atoms with Crippen LogP contribution in [0.5, 0.6) is 0 Å². The van der Waals surface area contributed by atoms with E-state index in [9.17, 15) is 9.59 Å². The molecule has 2 rings (SSSR count). The summed E-state index contributed by atoms with van der Waals surface area (Å²) in [4.78, 5) is 34.1. The van der Waals surface area contributed by atoms with E-state index in [2.05, 4.69) is 41.8 Å². The van der Waals surface area contributed by atoms with Gasteiger partial charge in [-0.1, -0.05) is 23.2 Å². The van der Waals surface area contributed by atoms with Crippen molar-refractivity contribution in [3.63, 3.8) is 0 Å². The first-order valence-electron chi connectivity index (χ1n) is 6.35. The summed E-state index contributed by atoms with van der Waals surface area (Å²) in [7, 11) is 2.88. The van der Waals surface area contributed by atoms with Crippen LogP contribution in [0.1, 0.15) is 21.0 Å². The van der Waals surface area contributed by atoms with Crippen LogP contribution in [0.3, 0.4) is 0 Å². The average molecular weight is 516 g/mol. The van der Waals surface area contributed by atoms with E-state index in [0.29, 0.717) is 4.47 Å². The minimum atomic E-state index is -1.12. The van der Waals surface area contributed by atoms with Gasteiger partial charge in [0.1, 0.15) is 5.69 Å². The summed E-state index contributed by atoms with van der Waals surface area (Å²) in [5.41, 5.74) is 0.0362. The van der Waals surface area contributed by atoms with Crippen molar-refractivity contribution in [2.24, 2.45) is 0 Å². The molecule has 0 atom stereocenters. The molecule has 25 heavy (non-hydrogen) atoms. The number of nitrogens with zero attached hydrogens (tertiary/aromatic N) is 3. The van der Waals surface area contributed by atoms with Crippen LogP contribution in [0.4, 0.5) is 0 Å². The van der Waals surface area contributed by atoms with Gasteiger partial charge in [0.25, 0.3) is 5.91 Å². The molecule has 2 aromatic rings. The third kappa shape index (κ3) is 6.52. The van der Waals surface area contributed by atoms with Gasteiger partial charge in [0.15, 0.2) is 5.69 Å². The Morgan fingerprint density at radius 2 is 1.52 bits per heavy atom. The lowest BCUT2D eigenvalue weighted by Crippen LogP contribution is -2.26. The molecule has 0 aromatic carbocycles. The van der Waals surface area contributed by atoms with Crippen LogP contribution in [0, 0.1) is 0 Å². The van der Waals surface area contributed by atoms with Gasteiger partial charge in [0.2, 0.25) is 0 Å². The van der Waals surface area contributed by atoms with Crippen LogP contribution in [0.15, 0.2) is 33.5 Å². The normalized spacial score (nSPS) is 9.84. The van der Waals surface area contributed by atoms with Gasteiger partial charge in [-0.15, -0.1) is 0 Å². The summed E-state index contributed by atoms with van der Waals surface area (Å²) in [6.07, 6.45) is 2.89. The predicted octanol–water partition coefficient (Wildman–Crippen LogP) is 4.33. The van der Waals surface area contributed by atoms with E-state index in [4.69, 9.17) is 33.1 Å². The van der Waals surface area contributed by atoms with E-state index in [0.717, 1.165) is 9.54 Å². The van der Waals surface area contributed by atoms with Gasteiger partial charge in [0, 0.05) is 28.4 Å². The fourth-order valence-corrected chi connectivity index (χ4v) is 2.80. The molecule has 7 nitrogen and oxygen atoms in total. The summed E-state index contributed by atoms with van der Waals surface area (Å²) >= 11 is 17.7. The van der Waals surface area contributed by atoms with E-state index in [1.807, 2.05) is 0 Å². The van der Waals surface area contributed by atoms with Crippen molar-refractivity contribution in [3.8, 4) is 0 Å². The molecule has 1 amide bonds. The number of halogens is 4. The molecule has 2 heterocycles. The highest BCUT2D eigenvalue weighted by Crippen LogP contribution is 2.20. The van der Waals surface area contributed by atoms with Crippen molar-refractivity contribution < 1.29 is 19.5 Å². The molecular formula is C14H11Br2Cl2N3O4. The van der Waals surface area contributed by atoms with Crippen molar-refractivity contribution in [2.45, 2.75) is 0 Å². The molecular weight excluding hydrogens is 505 g/mol. The Kier molecular flexibility index (Phi) is 8.74. The summed E-state index contributed by atoms with van der Waals surface area (Å²) < 4.78 is 1.38. The number of aromatic nitrogens is 2. The van der Waals surface area contributed by atoms with Crippen LogP contribution in [0.25, 0.3) is 0 Å². The number of carbonyl (C=O) groups excluding carboxylic acids is 1. The van der Waals surface area contributed by atoms with Crippen LogP contribution in [-0.4, -0.2) is 46.2 Å². The van der Waals surface area contributed by atoms with Crippen LogP contribution in [-0.2, 0) is 4.84 Å². The quantitative estimate of drug-likeness (QED) is 0.612. The molecule has 0 radical (unpaired) electrons. The second-order valence-corrected chi connectivity index (χ2v) is 6.90. The maximum absolute atomic E-state index is 11.5. The number of hydrogen-bond acceptors (Lipinski definition) is 5. The van der Waals surface area contributed by atoms with Gasteiger partial charge in [-0.3, -0.25) is 9.63 Å². The van der Waals surface area contributed by atoms with E-state index in [-0.39, 0.29) is 27.3 Å². The average Bonchev–Trinajstić information content (AvgIpc) is 2.53. The van der Waals surface area contributed by atoms with Gasteiger partial charge in [-0.2, -0.15) is 0 Å². The Bertz CT molecular complexity index is 793. The highest BCUT2D eigenvalue weighted by molar-refractivity contribution is 9.10. The fraction of sp³-hybridized carbons (Fsp3) is 0.143. The number of aromatic carboxylic acids is 1. The largest absolute Gasteiger partial charge is 0.476 e. The number of rotatable bonds is 3. The lowest BCUT2D eigenvalue weighted by Gasteiger charge is -2.13. The molecule has 0 unspecified atom stereocenters. The van der Waals surface area contributed by atoms with Gasteiger partial charge >= 0.3 is 5.97 Å². The van der Waals surface area contributed by atoms with Crippen LogP contribution < -0.4 is 0 Å². The first-order valence-corrected chi connectivity index (χ1v) is 8.69. The summed E-state index contributed by atoms with van der Waals surface area (Å²) in [5, 5.41) is 9.97. The van der Waals surface area contributed by atoms with Crippen molar-refractivity contribution in [2.75, 3.05) is 14.2 Å². The van der Waals surface area contributed by atoms with E-state index >= 15 is 0 Å². The van der Waals surface area contributed by atoms with Crippen molar-refractivity contribution in [3.05, 3.63) is 54.9 Å².